The molecule has 66 valence electrons. The molecule has 0 saturated heterocycles. The quantitative estimate of drug-likeness (QED) is 0.621. The molecule has 1 N–H and O–H groups in total. The molecule has 1 aliphatic carbocycles. The van der Waals surface area contributed by atoms with Crippen LogP contribution in [0.25, 0.3) is 0 Å². The first-order chi connectivity index (χ1) is 5.74. The van der Waals surface area contributed by atoms with Gasteiger partial charge in [0.25, 0.3) is 0 Å². The van der Waals surface area contributed by atoms with Gasteiger partial charge in [-0.05, 0) is 19.9 Å². The fraction of sp³-hybridized carbons (Fsp3) is 0.500. The van der Waals surface area contributed by atoms with E-state index >= 15 is 0 Å². The third kappa shape index (κ3) is 2.22. The van der Waals surface area contributed by atoms with Crippen LogP contribution in [0, 0.1) is 5.92 Å². The lowest BCUT2D eigenvalue weighted by atomic mass is 9.97. The first-order valence-electron chi connectivity index (χ1n) is 4.41. The largest absolute Gasteiger partial charge is 0.310 e. The maximum atomic E-state index is 4.25. The van der Waals surface area contributed by atoms with Gasteiger partial charge in [-0.25, -0.2) is 0 Å². The van der Waals surface area contributed by atoms with Gasteiger partial charge in [0.05, 0.1) is 5.71 Å². The summed E-state index contributed by atoms with van der Waals surface area (Å²) in [7, 11) is 0. The Morgan fingerprint density at radius 2 is 2.25 bits per heavy atom. The summed E-state index contributed by atoms with van der Waals surface area (Å²) < 4.78 is 0. The highest BCUT2D eigenvalue weighted by Crippen LogP contribution is 2.13. The van der Waals surface area contributed by atoms with Crippen molar-refractivity contribution >= 4 is 5.71 Å². The number of rotatable bonds is 2. The van der Waals surface area contributed by atoms with Gasteiger partial charge >= 0.3 is 0 Å². The van der Waals surface area contributed by atoms with E-state index in [9.17, 15) is 0 Å². The Morgan fingerprint density at radius 3 is 2.83 bits per heavy atom. The zero-order chi connectivity index (χ0) is 8.97. The van der Waals surface area contributed by atoms with Gasteiger partial charge in [-0.15, -0.1) is 0 Å². The van der Waals surface area contributed by atoms with Crippen molar-refractivity contribution in [2.24, 2.45) is 11.0 Å². The average Bonchev–Trinajstić information content (AvgIpc) is 2.03. The van der Waals surface area contributed by atoms with E-state index in [1.54, 1.807) is 0 Å². The molecule has 2 heteroatoms. The van der Waals surface area contributed by atoms with Crippen LogP contribution in [0.5, 0.6) is 0 Å². The Hall–Kier alpha value is -1.05. The van der Waals surface area contributed by atoms with Gasteiger partial charge in [-0.3, -0.25) is 0 Å². The van der Waals surface area contributed by atoms with Gasteiger partial charge in [0.1, 0.15) is 0 Å². The number of hydrogen-bond acceptors (Lipinski definition) is 2. The summed E-state index contributed by atoms with van der Waals surface area (Å²) in [6.07, 6.45) is 6.38. The summed E-state index contributed by atoms with van der Waals surface area (Å²) in [5, 5.41) is 4.25. The standard InChI is InChI=1S/C10H16N2/c1-4-11-12-10-6-5-8(2)7-9(10)3/h5-7,9,11H,4H2,1-3H3/b12-10-. The average molecular weight is 164 g/mol. The second-order valence-corrected chi connectivity index (χ2v) is 3.08. The molecule has 0 aliphatic heterocycles. The zero-order valence-corrected chi connectivity index (χ0v) is 7.96. The topological polar surface area (TPSA) is 24.4 Å². The van der Waals surface area contributed by atoms with Gasteiger partial charge < -0.3 is 5.43 Å². The molecule has 0 heterocycles. The maximum absolute atomic E-state index is 4.25. The van der Waals surface area contributed by atoms with Crippen molar-refractivity contribution in [2.45, 2.75) is 20.8 Å². The van der Waals surface area contributed by atoms with Crippen molar-refractivity contribution in [3.05, 3.63) is 23.8 Å². The molecule has 0 bridgehead atoms. The Labute approximate surface area is 74.1 Å². The maximum Gasteiger partial charge on any atom is 0.0669 e. The van der Waals surface area contributed by atoms with E-state index < -0.39 is 0 Å². The monoisotopic (exact) mass is 164 g/mol. The summed E-state index contributed by atoms with van der Waals surface area (Å²) in [6, 6.07) is 0. The molecular formula is C10H16N2. The van der Waals surface area contributed by atoms with Crippen LogP contribution in [0.15, 0.2) is 28.9 Å². The second-order valence-electron chi connectivity index (χ2n) is 3.08. The third-order valence-corrected chi connectivity index (χ3v) is 1.86. The SMILES string of the molecule is CCN/N=C1/C=CC(C)=CC1C. The van der Waals surface area contributed by atoms with E-state index in [-0.39, 0.29) is 0 Å². The summed E-state index contributed by atoms with van der Waals surface area (Å²) in [4.78, 5) is 0. The molecule has 1 unspecified atom stereocenters. The minimum Gasteiger partial charge on any atom is -0.310 e. The smallest absolute Gasteiger partial charge is 0.0669 e. The van der Waals surface area contributed by atoms with Crippen LogP contribution in [0.3, 0.4) is 0 Å². The molecule has 12 heavy (non-hydrogen) atoms. The Bertz CT molecular complexity index is 236. The number of allylic oxidation sites excluding steroid dienone is 4. The van der Waals surface area contributed by atoms with Crippen molar-refractivity contribution in [3.8, 4) is 0 Å². The number of nitrogens with one attached hydrogen (secondary N) is 1. The lowest BCUT2D eigenvalue weighted by Crippen LogP contribution is -2.15. The lowest BCUT2D eigenvalue weighted by molar-refractivity contribution is 0.770. The van der Waals surface area contributed by atoms with Crippen LogP contribution >= 0.6 is 0 Å². The molecule has 0 aromatic rings. The highest BCUT2D eigenvalue weighted by Gasteiger charge is 2.08. The molecule has 1 rings (SSSR count). The Morgan fingerprint density at radius 1 is 1.50 bits per heavy atom. The molecule has 1 aliphatic rings. The van der Waals surface area contributed by atoms with Crippen LogP contribution in [-0.2, 0) is 0 Å². The fourth-order valence-electron chi connectivity index (χ4n) is 1.21. The van der Waals surface area contributed by atoms with Crippen molar-refractivity contribution in [1.29, 1.82) is 0 Å². The van der Waals surface area contributed by atoms with Crippen molar-refractivity contribution in [2.75, 3.05) is 6.54 Å². The summed E-state index contributed by atoms with van der Waals surface area (Å²) >= 11 is 0. The van der Waals surface area contributed by atoms with E-state index in [1.165, 1.54) is 5.57 Å². The molecular weight excluding hydrogens is 148 g/mol. The van der Waals surface area contributed by atoms with Gasteiger partial charge in [-0.2, -0.15) is 5.10 Å². The molecule has 2 nitrogen and oxygen atoms in total. The van der Waals surface area contributed by atoms with E-state index in [4.69, 9.17) is 0 Å². The minimum absolute atomic E-state index is 0.439. The van der Waals surface area contributed by atoms with Crippen LogP contribution in [0.4, 0.5) is 0 Å². The lowest BCUT2D eigenvalue weighted by Gasteiger charge is -2.12. The van der Waals surface area contributed by atoms with Gasteiger partial charge in [0.15, 0.2) is 0 Å². The fourth-order valence-corrected chi connectivity index (χ4v) is 1.21. The molecule has 0 aromatic heterocycles. The summed E-state index contributed by atoms with van der Waals surface area (Å²) in [5.74, 6) is 0.439. The molecule has 0 radical (unpaired) electrons. The molecule has 0 saturated carbocycles. The van der Waals surface area contributed by atoms with E-state index in [0.29, 0.717) is 5.92 Å². The second kappa shape index (κ2) is 4.10. The molecule has 0 aromatic carbocycles. The predicted octanol–water partition coefficient (Wildman–Crippen LogP) is 2.10. The molecule has 1 atom stereocenters. The number of nitrogens with zero attached hydrogens (tertiary/aromatic N) is 1. The number of hydrazone groups is 1. The summed E-state index contributed by atoms with van der Waals surface area (Å²) in [6.45, 7) is 7.19. The highest BCUT2D eigenvalue weighted by atomic mass is 15.3. The number of hydrogen-bond donors (Lipinski definition) is 1. The van der Waals surface area contributed by atoms with Crippen LogP contribution < -0.4 is 5.43 Å². The predicted molar refractivity (Wildman–Crippen MR) is 53.2 cm³/mol. The van der Waals surface area contributed by atoms with Crippen LogP contribution in [0.1, 0.15) is 20.8 Å². The van der Waals surface area contributed by atoms with Crippen molar-refractivity contribution < 1.29 is 0 Å². The minimum atomic E-state index is 0.439. The molecule has 0 amide bonds. The van der Waals surface area contributed by atoms with E-state index in [1.807, 2.05) is 6.92 Å². The normalized spacial score (nSPS) is 25.8. The first-order valence-corrected chi connectivity index (χ1v) is 4.41. The van der Waals surface area contributed by atoms with E-state index in [2.05, 4.69) is 42.6 Å². The van der Waals surface area contributed by atoms with Crippen LogP contribution in [-0.4, -0.2) is 12.3 Å². The van der Waals surface area contributed by atoms with Gasteiger partial charge in [0.2, 0.25) is 0 Å². The Balaban J connectivity index is 2.65. The zero-order valence-electron chi connectivity index (χ0n) is 7.96. The molecule has 0 spiro atoms. The van der Waals surface area contributed by atoms with Gasteiger partial charge in [0, 0.05) is 12.5 Å². The molecule has 0 fully saturated rings. The van der Waals surface area contributed by atoms with Crippen LogP contribution in [0.2, 0.25) is 0 Å². The van der Waals surface area contributed by atoms with Crippen molar-refractivity contribution in [3.63, 3.8) is 0 Å². The third-order valence-electron chi connectivity index (χ3n) is 1.86. The Kier molecular flexibility index (Phi) is 3.09. The van der Waals surface area contributed by atoms with Gasteiger partial charge in [-0.1, -0.05) is 24.6 Å². The van der Waals surface area contributed by atoms with E-state index in [0.717, 1.165) is 12.3 Å². The highest BCUT2D eigenvalue weighted by molar-refractivity contribution is 5.99. The first kappa shape index (κ1) is 9.04. The van der Waals surface area contributed by atoms with Crippen molar-refractivity contribution in [1.82, 2.24) is 5.43 Å². The summed E-state index contributed by atoms with van der Waals surface area (Å²) in [5.41, 5.74) is 5.40.